The van der Waals surface area contributed by atoms with Gasteiger partial charge in [0, 0.05) is 26.4 Å². The Kier molecular flexibility index (Phi) is 4.04. The van der Waals surface area contributed by atoms with Crippen molar-refractivity contribution in [1.29, 1.82) is 0 Å². The Morgan fingerprint density at radius 1 is 1.24 bits per heavy atom. The van der Waals surface area contributed by atoms with Crippen LogP contribution in [-0.2, 0) is 30.5 Å². The third-order valence-corrected chi connectivity index (χ3v) is 5.27. The molecule has 0 aromatic carbocycles. The van der Waals surface area contributed by atoms with Crippen LogP contribution in [0, 0.1) is 0 Å². The molecule has 0 atom stereocenters. The summed E-state index contributed by atoms with van der Waals surface area (Å²) in [6.07, 6.45) is 1.70. The summed E-state index contributed by atoms with van der Waals surface area (Å²) in [7, 11) is 0.105. The molecule has 0 saturated carbocycles. The smallest absolute Gasteiger partial charge is 0.328 e. The Morgan fingerprint density at radius 3 is 2.52 bits per heavy atom. The highest BCUT2D eigenvalue weighted by atomic mass is 32.2. The molecule has 2 aromatic rings. The summed E-state index contributed by atoms with van der Waals surface area (Å²) < 4.78 is 26.8. The average Bonchev–Trinajstić information content (AvgIpc) is 2.82. The van der Waals surface area contributed by atoms with Gasteiger partial charge in [-0.05, 0) is 6.42 Å². The van der Waals surface area contributed by atoms with Crippen molar-refractivity contribution in [2.24, 2.45) is 14.1 Å². The molecule has 2 aromatic heterocycles. The van der Waals surface area contributed by atoms with E-state index in [1.807, 2.05) is 0 Å². The van der Waals surface area contributed by atoms with Crippen molar-refractivity contribution in [1.82, 2.24) is 18.7 Å². The van der Waals surface area contributed by atoms with Crippen LogP contribution in [0.5, 0.6) is 0 Å². The quantitative estimate of drug-likeness (QED) is 0.724. The lowest BCUT2D eigenvalue weighted by Gasteiger charge is -2.08. The summed E-state index contributed by atoms with van der Waals surface area (Å²) in [5.74, 6) is 0.0171. The van der Waals surface area contributed by atoms with Gasteiger partial charge >= 0.3 is 5.69 Å². The summed E-state index contributed by atoms with van der Waals surface area (Å²) in [6, 6.07) is 0. The van der Waals surface area contributed by atoms with Gasteiger partial charge in [0.2, 0.25) is 0 Å². The third-order valence-electron chi connectivity index (χ3n) is 3.48. The number of aromatic nitrogens is 4. The van der Waals surface area contributed by atoms with Crippen LogP contribution in [0.4, 0.5) is 0 Å². The monoisotopic (exact) mass is 314 g/mol. The first-order chi connectivity index (χ1) is 9.78. The molecule has 2 rings (SSSR count). The van der Waals surface area contributed by atoms with Gasteiger partial charge in [0.1, 0.15) is 9.84 Å². The zero-order valence-corrected chi connectivity index (χ0v) is 13.1. The minimum Gasteiger partial charge on any atom is -0.328 e. The molecule has 0 N–H and O–H groups in total. The summed E-state index contributed by atoms with van der Waals surface area (Å²) in [4.78, 5) is 28.5. The van der Waals surface area contributed by atoms with E-state index in [1.54, 1.807) is 18.5 Å². The van der Waals surface area contributed by atoms with E-state index in [0.717, 1.165) is 4.57 Å². The highest BCUT2D eigenvalue weighted by molar-refractivity contribution is 7.91. The lowest BCUT2D eigenvalue weighted by molar-refractivity contribution is 0.570. The van der Waals surface area contributed by atoms with Crippen LogP contribution < -0.4 is 11.2 Å². The molecule has 0 aliphatic heterocycles. The lowest BCUT2D eigenvalue weighted by Crippen LogP contribution is -2.40. The number of nitrogens with zero attached hydrogens (tertiary/aromatic N) is 4. The average molecular weight is 314 g/mol. The van der Waals surface area contributed by atoms with Crippen LogP contribution >= 0.6 is 0 Å². The molecular formula is C12H18N4O4S. The summed E-state index contributed by atoms with van der Waals surface area (Å²) in [6.45, 7) is 1.65. The summed E-state index contributed by atoms with van der Waals surface area (Å²) in [5, 5.41) is 0. The van der Waals surface area contributed by atoms with E-state index in [4.69, 9.17) is 0 Å². The number of hydrogen-bond acceptors (Lipinski definition) is 5. The first kappa shape index (κ1) is 15.5. The molecule has 116 valence electrons. The van der Waals surface area contributed by atoms with Crippen molar-refractivity contribution < 1.29 is 8.42 Å². The van der Waals surface area contributed by atoms with Crippen molar-refractivity contribution in [2.45, 2.75) is 19.9 Å². The van der Waals surface area contributed by atoms with Crippen LogP contribution in [0.25, 0.3) is 11.2 Å². The standard InChI is InChI=1S/C12H18N4O4S/c1-4-21(19,20)7-5-6-16-11(17)9-10(13-8-14(9)2)15(3)12(16)18/h8H,4-7H2,1-3H3. The molecule has 0 bridgehead atoms. The van der Waals surface area contributed by atoms with Gasteiger partial charge in [-0.25, -0.2) is 18.2 Å². The van der Waals surface area contributed by atoms with Crippen molar-refractivity contribution in [3.05, 3.63) is 27.2 Å². The molecule has 0 aliphatic rings. The first-order valence-corrected chi connectivity index (χ1v) is 8.42. The molecule has 0 aliphatic carbocycles. The van der Waals surface area contributed by atoms with Gasteiger partial charge in [0.15, 0.2) is 11.2 Å². The summed E-state index contributed by atoms with van der Waals surface area (Å²) >= 11 is 0. The number of rotatable bonds is 5. The fourth-order valence-corrected chi connectivity index (χ4v) is 3.04. The van der Waals surface area contributed by atoms with Crippen molar-refractivity contribution in [3.63, 3.8) is 0 Å². The Balaban J connectivity index is 2.43. The van der Waals surface area contributed by atoms with Crippen LogP contribution in [0.1, 0.15) is 13.3 Å². The van der Waals surface area contributed by atoms with Crippen LogP contribution in [0.2, 0.25) is 0 Å². The number of fused-ring (bicyclic) bond motifs is 1. The Bertz CT molecular complexity index is 888. The van der Waals surface area contributed by atoms with E-state index in [9.17, 15) is 18.0 Å². The lowest BCUT2D eigenvalue weighted by atomic mass is 10.4. The van der Waals surface area contributed by atoms with E-state index < -0.39 is 21.1 Å². The third kappa shape index (κ3) is 2.78. The second-order valence-electron chi connectivity index (χ2n) is 4.92. The number of imidazole rings is 1. The molecule has 9 heteroatoms. The molecule has 21 heavy (non-hydrogen) atoms. The SMILES string of the molecule is CCS(=O)(=O)CCCn1c(=O)c2c(ncn2C)n(C)c1=O. The Hall–Kier alpha value is -1.90. The van der Waals surface area contributed by atoms with E-state index in [-0.39, 0.29) is 24.5 Å². The zero-order chi connectivity index (χ0) is 15.8. The van der Waals surface area contributed by atoms with E-state index in [0.29, 0.717) is 11.2 Å². The fourth-order valence-electron chi connectivity index (χ4n) is 2.18. The summed E-state index contributed by atoms with van der Waals surface area (Å²) in [5.41, 5.74) is -0.275. The van der Waals surface area contributed by atoms with Crippen molar-refractivity contribution >= 4 is 21.0 Å². The Morgan fingerprint density at radius 2 is 1.90 bits per heavy atom. The van der Waals surface area contributed by atoms with Gasteiger partial charge in [-0.15, -0.1) is 0 Å². The van der Waals surface area contributed by atoms with E-state index >= 15 is 0 Å². The highest BCUT2D eigenvalue weighted by Gasteiger charge is 2.15. The fraction of sp³-hybridized carbons (Fsp3) is 0.583. The van der Waals surface area contributed by atoms with Gasteiger partial charge in [-0.3, -0.25) is 13.9 Å². The maximum atomic E-state index is 12.3. The molecule has 2 heterocycles. The maximum Gasteiger partial charge on any atom is 0.332 e. The molecule has 0 fully saturated rings. The van der Waals surface area contributed by atoms with Crippen molar-refractivity contribution in [2.75, 3.05) is 11.5 Å². The number of hydrogen-bond donors (Lipinski definition) is 0. The Labute approximate surface area is 121 Å². The second kappa shape index (κ2) is 5.47. The normalized spacial score (nSPS) is 12.1. The molecule has 8 nitrogen and oxygen atoms in total. The topological polar surface area (TPSA) is 96.0 Å². The zero-order valence-electron chi connectivity index (χ0n) is 12.2. The predicted octanol–water partition coefficient (Wildman–Crippen LogP) is -0.741. The minimum atomic E-state index is -3.11. The number of sulfone groups is 1. The number of aryl methyl sites for hydroxylation is 2. The molecule has 0 spiro atoms. The molecule has 0 saturated heterocycles. The highest BCUT2D eigenvalue weighted by Crippen LogP contribution is 2.03. The van der Waals surface area contributed by atoms with Crippen LogP contribution in [-0.4, -0.2) is 38.6 Å². The van der Waals surface area contributed by atoms with Crippen molar-refractivity contribution in [3.8, 4) is 0 Å². The van der Waals surface area contributed by atoms with E-state index in [2.05, 4.69) is 4.98 Å². The van der Waals surface area contributed by atoms with Gasteiger partial charge in [-0.1, -0.05) is 6.92 Å². The molecule has 0 radical (unpaired) electrons. The van der Waals surface area contributed by atoms with Gasteiger partial charge in [-0.2, -0.15) is 0 Å². The van der Waals surface area contributed by atoms with E-state index in [1.165, 1.54) is 17.9 Å². The largest absolute Gasteiger partial charge is 0.332 e. The second-order valence-corrected chi connectivity index (χ2v) is 7.39. The molecule has 0 amide bonds. The van der Waals surface area contributed by atoms with Gasteiger partial charge in [0.05, 0.1) is 12.1 Å². The minimum absolute atomic E-state index is 0.0392. The van der Waals surface area contributed by atoms with Crippen LogP contribution in [0.3, 0.4) is 0 Å². The maximum absolute atomic E-state index is 12.3. The predicted molar refractivity (Wildman–Crippen MR) is 79.2 cm³/mol. The van der Waals surface area contributed by atoms with Gasteiger partial charge < -0.3 is 4.57 Å². The van der Waals surface area contributed by atoms with Crippen LogP contribution in [0.15, 0.2) is 15.9 Å². The van der Waals surface area contributed by atoms with Gasteiger partial charge in [0.25, 0.3) is 5.56 Å². The first-order valence-electron chi connectivity index (χ1n) is 6.59. The molecule has 0 unspecified atom stereocenters. The molecular weight excluding hydrogens is 296 g/mol.